The number of carbonyl (C=O) groups is 1. The Bertz CT molecular complexity index is 433. The topological polar surface area (TPSA) is 71.2 Å². The van der Waals surface area contributed by atoms with Crippen LogP contribution in [0.15, 0.2) is 18.3 Å². The van der Waals surface area contributed by atoms with Gasteiger partial charge in [-0.15, -0.1) is 0 Å². The Kier molecular flexibility index (Phi) is 3.81. The number of aromatic nitrogens is 1. The maximum Gasteiger partial charge on any atom is 0.223 e. The summed E-state index contributed by atoms with van der Waals surface area (Å²) < 4.78 is 0. The van der Waals surface area contributed by atoms with Crippen molar-refractivity contribution in [3.8, 4) is 0 Å². The van der Waals surface area contributed by atoms with Gasteiger partial charge < -0.3 is 10.3 Å². The molecule has 5 nitrogen and oxygen atoms in total. The van der Waals surface area contributed by atoms with Crippen LogP contribution in [0.3, 0.4) is 0 Å². The van der Waals surface area contributed by atoms with Gasteiger partial charge in [-0.25, -0.2) is 10.8 Å². The molecule has 0 bridgehead atoms. The van der Waals surface area contributed by atoms with Crippen molar-refractivity contribution in [2.24, 2.45) is 17.7 Å². The number of amides is 1. The van der Waals surface area contributed by atoms with E-state index in [1.54, 1.807) is 6.20 Å². The molecular weight excluding hydrogens is 228 g/mol. The van der Waals surface area contributed by atoms with E-state index in [-0.39, 0.29) is 5.91 Å². The second kappa shape index (κ2) is 5.35. The highest BCUT2D eigenvalue weighted by Gasteiger charge is 2.31. The van der Waals surface area contributed by atoms with Crippen LogP contribution in [0.5, 0.6) is 0 Å². The molecular formula is C13H20N4O. The van der Waals surface area contributed by atoms with Gasteiger partial charge in [0, 0.05) is 25.7 Å². The Morgan fingerprint density at radius 3 is 3.00 bits per heavy atom. The fraction of sp³-hybridized carbons (Fsp3) is 0.538. The first-order valence-electron chi connectivity index (χ1n) is 6.29. The van der Waals surface area contributed by atoms with E-state index < -0.39 is 0 Å². The van der Waals surface area contributed by atoms with Gasteiger partial charge in [0.2, 0.25) is 5.91 Å². The number of pyridine rings is 1. The highest BCUT2D eigenvalue weighted by atomic mass is 16.2. The van der Waals surface area contributed by atoms with Gasteiger partial charge in [0.25, 0.3) is 0 Å². The first-order chi connectivity index (χ1) is 8.60. The molecule has 1 aromatic rings. The number of nitrogens with two attached hydrogens (primary N) is 1. The number of nitrogen functional groups attached to an aromatic ring is 1. The Morgan fingerprint density at radius 1 is 1.61 bits per heavy atom. The summed E-state index contributed by atoms with van der Waals surface area (Å²) in [5.74, 6) is 7.22. The first-order valence-corrected chi connectivity index (χ1v) is 6.29. The second-order valence-electron chi connectivity index (χ2n) is 5.18. The van der Waals surface area contributed by atoms with Crippen LogP contribution >= 0.6 is 0 Å². The molecule has 0 aromatic carbocycles. The van der Waals surface area contributed by atoms with E-state index in [0.717, 1.165) is 12.1 Å². The number of anilines is 1. The summed E-state index contributed by atoms with van der Waals surface area (Å²) in [5, 5.41) is 0. The van der Waals surface area contributed by atoms with Gasteiger partial charge in [-0.3, -0.25) is 4.79 Å². The SMILES string of the molecule is CC(C)C1CC(=O)N(Cc2ccnc(NN)c2)C1. The zero-order valence-corrected chi connectivity index (χ0v) is 10.9. The van der Waals surface area contributed by atoms with Crippen LogP contribution in [0.1, 0.15) is 25.8 Å². The summed E-state index contributed by atoms with van der Waals surface area (Å²) in [6, 6.07) is 3.78. The van der Waals surface area contributed by atoms with Crippen LogP contribution < -0.4 is 11.3 Å². The highest BCUT2D eigenvalue weighted by Crippen LogP contribution is 2.26. The molecule has 1 amide bonds. The minimum atomic E-state index is 0.243. The lowest BCUT2D eigenvalue weighted by molar-refractivity contribution is -0.128. The van der Waals surface area contributed by atoms with Gasteiger partial charge in [-0.05, 0) is 29.5 Å². The Labute approximate surface area is 107 Å². The van der Waals surface area contributed by atoms with Crippen molar-refractivity contribution in [2.75, 3.05) is 12.0 Å². The normalized spacial score (nSPS) is 19.7. The summed E-state index contributed by atoms with van der Waals surface area (Å²) in [4.78, 5) is 17.9. The molecule has 0 radical (unpaired) electrons. The molecule has 2 heterocycles. The molecule has 1 aliphatic rings. The molecule has 1 unspecified atom stereocenters. The van der Waals surface area contributed by atoms with Crippen molar-refractivity contribution in [3.63, 3.8) is 0 Å². The van der Waals surface area contributed by atoms with E-state index in [1.807, 2.05) is 17.0 Å². The molecule has 0 saturated carbocycles. The fourth-order valence-corrected chi connectivity index (χ4v) is 2.27. The quantitative estimate of drug-likeness (QED) is 0.623. The summed E-state index contributed by atoms with van der Waals surface area (Å²) >= 11 is 0. The van der Waals surface area contributed by atoms with Crippen LogP contribution in [0.2, 0.25) is 0 Å². The molecule has 3 N–H and O–H groups in total. The number of carbonyl (C=O) groups excluding carboxylic acids is 1. The average Bonchev–Trinajstić information content (AvgIpc) is 2.71. The van der Waals surface area contributed by atoms with E-state index in [0.29, 0.717) is 30.6 Å². The maximum atomic E-state index is 11.9. The second-order valence-corrected chi connectivity index (χ2v) is 5.18. The summed E-state index contributed by atoms with van der Waals surface area (Å²) in [6.45, 7) is 5.83. The number of hydrogen-bond acceptors (Lipinski definition) is 4. The largest absolute Gasteiger partial charge is 0.338 e. The van der Waals surface area contributed by atoms with E-state index in [9.17, 15) is 4.79 Å². The molecule has 1 aromatic heterocycles. The Balaban J connectivity index is 2.03. The predicted molar refractivity (Wildman–Crippen MR) is 70.4 cm³/mol. The lowest BCUT2D eigenvalue weighted by atomic mass is 9.95. The molecule has 1 aliphatic heterocycles. The number of hydrazine groups is 1. The van der Waals surface area contributed by atoms with E-state index in [1.165, 1.54) is 0 Å². The molecule has 2 rings (SSSR count). The monoisotopic (exact) mass is 248 g/mol. The maximum absolute atomic E-state index is 11.9. The van der Waals surface area contributed by atoms with Crippen molar-refractivity contribution in [2.45, 2.75) is 26.8 Å². The van der Waals surface area contributed by atoms with Crippen LogP contribution in [0, 0.1) is 11.8 Å². The Hall–Kier alpha value is -1.62. The molecule has 1 saturated heterocycles. The van der Waals surface area contributed by atoms with Crippen LogP contribution in [-0.2, 0) is 11.3 Å². The minimum absolute atomic E-state index is 0.243. The van der Waals surface area contributed by atoms with Crippen molar-refractivity contribution in [1.29, 1.82) is 0 Å². The average molecular weight is 248 g/mol. The van der Waals surface area contributed by atoms with Gasteiger partial charge >= 0.3 is 0 Å². The third-order valence-corrected chi connectivity index (χ3v) is 3.53. The predicted octanol–water partition coefficient (Wildman–Crippen LogP) is 1.37. The summed E-state index contributed by atoms with van der Waals surface area (Å²) in [6.07, 6.45) is 2.37. The third-order valence-electron chi connectivity index (χ3n) is 3.53. The lowest BCUT2D eigenvalue weighted by Gasteiger charge is -2.18. The van der Waals surface area contributed by atoms with Crippen molar-refractivity contribution < 1.29 is 4.79 Å². The molecule has 98 valence electrons. The van der Waals surface area contributed by atoms with Gasteiger partial charge in [0.05, 0.1) is 0 Å². The van der Waals surface area contributed by atoms with Crippen LogP contribution in [0.25, 0.3) is 0 Å². The number of likely N-dealkylation sites (tertiary alicyclic amines) is 1. The zero-order chi connectivity index (χ0) is 13.1. The van der Waals surface area contributed by atoms with Crippen LogP contribution in [0.4, 0.5) is 5.82 Å². The van der Waals surface area contributed by atoms with E-state index in [4.69, 9.17) is 5.84 Å². The smallest absolute Gasteiger partial charge is 0.223 e. The molecule has 18 heavy (non-hydrogen) atoms. The van der Waals surface area contributed by atoms with Gasteiger partial charge in [-0.2, -0.15) is 0 Å². The third kappa shape index (κ3) is 2.79. The molecule has 0 aliphatic carbocycles. The number of nitrogens with one attached hydrogen (secondary N) is 1. The lowest BCUT2D eigenvalue weighted by Crippen LogP contribution is -2.25. The highest BCUT2D eigenvalue weighted by molar-refractivity contribution is 5.78. The first kappa shape index (κ1) is 12.8. The fourth-order valence-electron chi connectivity index (χ4n) is 2.27. The van der Waals surface area contributed by atoms with E-state index in [2.05, 4.69) is 24.3 Å². The number of nitrogens with zero attached hydrogens (tertiary/aromatic N) is 2. The zero-order valence-electron chi connectivity index (χ0n) is 10.9. The van der Waals surface area contributed by atoms with Crippen molar-refractivity contribution >= 4 is 11.7 Å². The molecule has 1 atom stereocenters. The molecule has 5 heteroatoms. The van der Waals surface area contributed by atoms with Crippen molar-refractivity contribution in [1.82, 2.24) is 9.88 Å². The van der Waals surface area contributed by atoms with Crippen molar-refractivity contribution in [3.05, 3.63) is 23.9 Å². The standard InChI is InChI=1S/C13H20N4O/c1-9(2)11-6-13(18)17(8-11)7-10-3-4-15-12(5-10)16-14/h3-5,9,11H,6-8,14H2,1-2H3,(H,15,16). The van der Waals surface area contributed by atoms with Crippen LogP contribution in [-0.4, -0.2) is 22.3 Å². The number of rotatable bonds is 4. The van der Waals surface area contributed by atoms with Gasteiger partial charge in [-0.1, -0.05) is 13.8 Å². The van der Waals surface area contributed by atoms with Gasteiger partial charge in [0.1, 0.15) is 5.82 Å². The summed E-state index contributed by atoms with van der Waals surface area (Å²) in [5.41, 5.74) is 3.57. The Morgan fingerprint density at radius 2 is 2.39 bits per heavy atom. The van der Waals surface area contributed by atoms with E-state index >= 15 is 0 Å². The van der Waals surface area contributed by atoms with Gasteiger partial charge in [0.15, 0.2) is 0 Å². The molecule has 0 spiro atoms. The number of hydrogen-bond donors (Lipinski definition) is 2. The summed E-state index contributed by atoms with van der Waals surface area (Å²) in [7, 11) is 0. The minimum Gasteiger partial charge on any atom is -0.338 e. The molecule has 1 fully saturated rings.